The van der Waals surface area contributed by atoms with Crippen molar-refractivity contribution < 1.29 is 4.74 Å². The molecule has 0 saturated heterocycles. The number of benzene rings is 1. The number of methoxy groups -OCH3 is 1. The van der Waals surface area contributed by atoms with E-state index in [-0.39, 0.29) is 0 Å². The van der Waals surface area contributed by atoms with Gasteiger partial charge in [-0.2, -0.15) is 5.26 Å². The Morgan fingerprint density at radius 3 is 2.65 bits per heavy atom. The number of nitrogens with zero attached hydrogens (tertiary/aromatic N) is 2. The lowest BCUT2D eigenvalue weighted by Gasteiger charge is -2.06. The van der Waals surface area contributed by atoms with Gasteiger partial charge in [-0.15, -0.1) is 0 Å². The third-order valence-corrected chi connectivity index (χ3v) is 2.53. The second-order valence-corrected chi connectivity index (χ2v) is 3.78. The molecule has 0 amide bonds. The number of aryl methyl sites for hydroxylation is 1. The molecule has 1 aromatic carbocycles. The number of pyridine rings is 1. The summed E-state index contributed by atoms with van der Waals surface area (Å²) in [5, 5.41) is 9.03. The maximum Gasteiger partial charge on any atom is 0.136 e. The monoisotopic (exact) mass is 224 g/mol. The Balaban J connectivity index is 2.51. The molecule has 0 saturated carbocycles. The lowest BCUT2D eigenvalue weighted by molar-refractivity contribution is 0.413. The molecule has 0 atom stereocenters. The first-order chi connectivity index (χ1) is 8.24. The molecule has 17 heavy (non-hydrogen) atoms. The molecule has 0 spiro atoms. The first-order valence-electron chi connectivity index (χ1n) is 5.25. The quantitative estimate of drug-likeness (QED) is 0.787. The summed E-state index contributed by atoms with van der Waals surface area (Å²) in [6, 6.07) is 9.71. The van der Waals surface area contributed by atoms with Crippen LogP contribution in [0.15, 0.2) is 36.7 Å². The highest BCUT2D eigenvalue weighted by Gasteiger charge is 2.05. The normalized spacial score (nSPS) is 9.71. The van der Waals surface area contributed by atoms with Crippen LogP contribution in [0.2, 0.25) is 0 Å². The van der Waals surface area contributed by atoms with Crippen LogP contribution in [0.1, 0.15) is 11.1 Å². The smallest absolute Gasteiger partial charge is 0.136 e. The zero-order chi connectivity index (χ0) is 12.3. The fraction of sp³-hybridized carbons (Fsp3) is 0.143. The van der Waals surface area contributed by atoms with Crippen molar-refractivity contribution in [2.24, 2.45) is 0 Å². The van der Waals surface area contributed by atoms with Gasteiger partial charge in [0.25, 0.3) is 0 Å². The van der Waals surface area contributed by atoms with Gasteiger partial charge in [-0.3, -0.25) is 4.98 Å². The van der Waals surface area contributed by atoms with E-state index in [4.69, 9.17) is 10.00 Å². The topological polar surface area (TPSA) is 45.9 Å². The number of hydrogen-bond donors (Lipinski definition) is 0. The van der Waals surface area contributed by atoms with E-state index in [1.165, 1.54) is 0 Å². The molecule has 0 radical (unpaired) electrons. The summed E-state index contributed by atoms with van der Waals surface area (Å²) in [6.07, 6.45) is 3.59. The van der Waals surface area contributed by atoms with Gasteiger partial charge in [0.05, 0.1) is 12.7 Å². The third kappa shape index (κ3) is 2.26. The standard InChI is InChI=1S/C14H12N2O/c1-10-5-13(9-16-8-10)11-3-4-14(17-2)12(6-11)7-15/h3-6,8-9H,1-2H3. The predicted molar refractivity (Wildman–Crippen MR) is 65.7 cm³/mol. The second kappa shape index (κ2) is 4.67. The molecule has 0 N–H and O–H groups in total. The molecule has 3 nitrogen and oxygen atoms in total. The molecule has 0 aliphatic carbocycles. The SMILES string of the molecule is COc1ccc(-c2cncc(C)c2)cc1C#N. The molecule has 0 aliphatic heterocycles. The average molecular weight is 224 g/mol. The van der Waals surface area contributed by atoms with Crippen LogP contribution in [-0.4, -0.2) is 12.1 Å². The van der Waals surface area contributed by atoms with Crippen LogP contribution in [-0.2, 0) is 0 Å². The van der Waals surface area contributed by atoms with E-state index in [0.29, 0.717) is 11.3 Å². The highest BCUT2D eigenvalue weighted by molar-refractivity contribution is 5.67. The van der Waals surface area contributed by atoms with Crippen molar-refractivity contribution in [3.63, 3.8) is 0 Å². The molecule has 3 heteroatoms. The number of ether oxygens (including phenoxy) is 1. The Labute approximate surface area is 100 Å². The van der Waals surface area contributed by atoms with Crippen molar-refractivity contribution in [2.75, 3.05) is 7.11 Å². The van der Waals surface area contributed by atoms with Crippen LogP contribution >= 0.6 is 0 Å². The van der Waals surface area contributed by atoms with Crippen LogP contribution < -0.4 is 4.74 Å². The van der Waals surface area contributed by atoms with Gasteiger partial charge in [-0.25, -0.2) is 0 Å². The van der Waals surface area contributed by atoms with Crippen LogP contribution in [0.5, 0.6) is 5.75 Å². The van der Waals surface area contributed by atoms with Crippen molar-refractivity contribution in [3.05, 3.63) is 47.8 Å². The van der Waals surface area contributed by atoms with Gasteiger partial charge in [-0.05, 0) is 36.2 Å². The van der Waals surface area contributed by atoms with Crippen LogP contribution in [0.3, 0.4) is 0 Å². The fourth-order valence-corrected chi connectivity index (χ4v) is 1.69. The zero-order valence-corrected chi connectivity index (χ0v) is 9.77. The van der Waals surface area contributed by atoms with Gasteiger partial charge in [0.2, 0.25) is 0 Å². The number of aromatic nitrogens is 1. The average Bonchev–Trinajstić information content (AvgIpc) is 2.38. The summed E-state index contributed by atoms with van der Waals surface area (Å²) in [5.41, 5.74) is 3.60. The lowest BCUT2D eigenvalue weighted by atomic mass is 10.0. The second-order valence-electron chi connectivity index (χ2n) is 3.78. The van der Waals surface area contributed by atoms with Gasteiger partial charge >= 0.3 is 0 Å². The van der Waals surface area contributed by atoms with E-state index in [1.807, 2.05) is 25.1 Å². The van der Waals surface area contributed by atoms with Crippen LogP contribution in [0, 0.1) is 18.3 Å². The van der Waals surface area contributed by atoms with E-state index in [9.17, 15) is 0 Å². The molecular weight excluding hydrogens is 212 g/mol. The predicted octanol–water partition coefficient (Wildman–Crippen LogP) is 2.94. The first-order valence-corrected chi connectivity index (χ1v) is 5.25. The van der Waals surface area contributed by atoms with Crippen molar-refractivity contribution >= 4 is 0 Å². The van der Waals surface area contributed by atoms with E-state index >= 15 is 0 Å². The Hall–Kier alpha value is -2.34. The summed E-state index contributed by atoms with van der Waals surface area (Å²) < 4.78 is 5.11. The van der Waals surface area contributed by atoms with E-state index in [2.05, 4.69) is 11.1 Å². The number of rotatable bonds is 2. The van der Waals surface area contributed by atoms with Gasteiger partial charge in [0.15, 0.2) is 0 Å². The molecule has 0 fully saturated rings. The van der Waals surface area contributed by atoms with Gasteiger partial charge in [0, 0.05) is 18.0 Å². The Bertz CT molecular complexity index is 585. The summed E-state index contributed by atoms with van der Waals surface area (Å²) >= 11 is 0. The van der Waals surface area contributed by atoms with E-state index in [1.54, 1.807) is 25.6 Å². The van der Waals surface area contributed by atoms with E-state index < -0.39 is 0 Å². The Morgan fingerprint density at radius 2 is 2.00 bits per heavy atom. The molecule has 2 aromatic rings. The Morgan fingerprint density at radius 1 is 1.18 bits per heavy atom. The summed E-state index contributed by atoms with van der Waals surface area (Å²) in [6.45, 7) is 1.99. The molecule has 0 unspecified atom stereocenters. The van der Waals surface area contributed by atoms with Crippen LogP contribution in [0.4, 0.5) is 0 Å². The molecule has 0 bridgehead atoms. The summed E-state index contributed by atoms with van der Waals surface area (Å²) in [4.78, 5) is 4.14. The zero-order valence-electron chi connectivity index (χ0n) is 9.77. The summed E-state index contributed by atoms with van der Waals surface area (Å²) in [5.74, 6) is 0.594. The highest BCUT2D eigenvalue weighted by atomic mass is 16.5. The van der Waals surface area contributed by atoms with Crippen molar-refractivity contribution in [3.8, 4) is 22.9 Å². The van der Waals surface area contributed by atoms with Gasteiger partial charge in [0.1, 0.15) is 11.8 Å². The molecule has 1 aromatic heterocycles. The minimum atomic E-state index is 0.534. The van der Waals surface area contributed by atoms with Gasteiger partial charge < -0.3 is 4.74 Å². The minimum absolute atomic E-state index is 0.534. The molecular formula is C14H12N2O. The van der Waals surface area contributed by atoms with Crippen molar-refractivity contribution in [2.45, 2.75) is 6.92 Å². The maximum atomic E-state index is 9.03. The molecule has 1 heterocycles. The third-order valence-electron chi connectivity index (χ3n) is 2.53. The fourth-order valence-electron chi connectivity index (χ4n) is 1.69. The molecule has 84 valence electrons. The number of nitriles is 1. The van der Waals surface area contributed by atoms with E-state index in [0.717, 1.165) is 16.7 Å². The van der Waals surface area contributed by atoms with Crippen molar-refractivity contribution in [1.82, 2.24) is 4.98 Å². The number of hydrogen-bond acceptors (Lipinski definition) is 3. The summed E-state index contributed by atoms with van der Waals surface area (Å²) in [7, 11) is 1.56. The van der Waals surface area contributed by atoms with Crippen LogP contribution in [0.25, 0.3) is 11.1 Å². The minimum Gasteiger partial charge on any atom is -0.495 e. The molecule has 0 aliphatic rings. The molecule has 2 rings (SSSR count). The first kappa shape index (κ1) is 11.2. The largest absolute Gasteiger partial charge is 0.495 e. The Kier molecular flexibility index (Phi) is 3.06. The van der Waals surface area contributed by atoms with Gasteiger partial charge in [-0.1, -0.05) is 6.07 Å². The van der Waals surface area contributed by atoms with Crippen molar-refractivity contribution in [1.29, 1.82) is 5.26 Å². The maximum absolute atomic E-state index is 9.03. The highest BCUT2D eigenvalue weighted by Crippen LogP contribution is 2.25. The lowest BCUT2D eigenvalue weighted by Crippen LogP contribution is -1.89.